The maximum atomic E-state index is 11.1. The number of ether oxygens (including phenoxy) is 1. The molecule has 2 aliphatic rings. The van der Waals surface area contributed by atoms with E-state index in [0.717, 1.165) is 49.2 Å². The van der Waals surface area contributed by atoms with Crippen LogP contribution < -0.4 is 10.5 Å². The molecule has 2 unspecified atom stereocenters. The number of rotatable bonds is 3. The lowest BCUT2D eigenvalue weighted by Crippen LogP contribution is -2.38. The van der Waals surface area contributed by atoms with E-state index in [0.29, 0.717) is 13.2 Å². The molecule has 1 fully saturated rings. The van der Waals surface area contributed by atoms with Crippen LogP contribution in [0.3, 0.4) is 0 Å². The predicted molar refractivity (Wildman–Crippen MR) is 79.1 cm³/mol. The second-order valence-electron chi connectivity index (χ2n) is 6.03. The maximum absolute atomic E-state index is 11.1. The van der Waals surface area contributed by atoms with Crippen molar-refractivity contribution in [3.8, 4) is 5.75 Å². The van der Waals surface area contributed by atoms with Crippen LogP contribution in [0, 0.1) is 5.92 Å². The van der Waals surface area contributed by atoms with E-state index in [1.54, 1.807) is 0 Å². The van der Waals surface area contributed by atoms with Gasteiger partial charge in [0, 0.05) is 31.1 Å². The minimum absolute atomic E-state index is 0.0641. The molecule has 3 rings (SSSR count). The number of benzene rings is 1. The van der Waals surface area contributed by atoms with Gasteiger partial charge in [0.25, 0.3) is 0 Å². The van der Waals surface area contributed by atoms with Crippen LogP contribution in [0.25, 0.3) is 0 Å². The molecule has 0 saturated carbocycles. The molecular formula is C16H22N2O3. The quantitative estimate of drug-likeness (QED) is 0.887. The molecule has 1 saturated heterocycles. The van der Waals surface area contributed by atoms with E-state index >= 15 is 0 Å². The number of nitrogens with two attached hydrogens (primary N) is 1. The van der Waals surface area contributed by atoms with E-state index in [1.807, 2.05) is 6.07 Å². The Morgan fingerprint density at radius 1 is 1.43 bits per heavy atom. The van der Waals surface area contributed by atoms with Crippen molar-refractivity contribution >= 4 is 5.97 Å². The molecule has 5 heteroatoms. The fourth-order valence-corrected chi connectivity index (χ4v) is 3.22. The minimum atomic E-state index is -0.681. The van der Waals surface area contributed by atoms with Gasteiger partial charge in [-0.3, -0.25) is 9.69 Å². The smallest absolute Gasteiger partial charge is 0.307 e. The van der Waals surface area contributed by atoms with Crippen LogP contribution in [0.5, 0.6) is 5.75 Å². The molecule has 2 heterocycles. The van der Waals surface area contributed by atoms with Crippen LogP contribution in [0.2, 0.25) is 0 Å². The number of nitrogens with zero attached hydrogens (tertiary/aromatic N) is 1. The monoisotopic (exact) mass is 290 g/mol. The number of hydrogen-bond donors (Lipinski definition) is 2. The Morgan fingerprint density at radius 3 is 3.10 bits per heavy atom. The number of aliphatic carboxylic acids is 1. The van der Waals surface area contributed by atoms with Crippen molar-refractivity contribution < 1.29 is 14.6 Å². The Morgan fingerprint density at radius 2 is 2.29 bits per heavy atom. The molecule has 114 valence electrons. The molecule has 2 atom stereocenters. The normalized spacial score (nSPS) is 26.0. The molecule has 21 heavy (non-hydrogen) atoms. The van der Waals surface area contributed by atoms with E-state index in [2.05, 4.69) is 17.0 Å². The number of carbonyl (C=O) groups is 1. The van der Waals surface area contributed by atoms with Crippen molar-refractivity contribution in [2.75, 3.05) is 19.7 Å². The molecule has 0 bridgehead atoms. The Bertz CT molecular complexity index is 532. The van der Waals surface area contributed by atoms with Gasteiger partial charge in [-0.1, -0.05) is 12.1 Å². The third kappa shape index (κ3) is 3.19. The van der Waals surface area contributed by atoms with Gasteiger partial charge in [0.15, 0.2) is 0 Å². The van der Waals surface area contributed by atoms with Gasteiger partial charge in [0.1, 0.15) is 5.75 Å². The van der Waals surface area contributed by atoms with Crippen molar-refractivity contribution in [1.82, 2.24) is 4.90 Å². The Balaban J connectivity index is 1.69. The number of carboxylic acids is 1. The molecule has 2 aliphatic heterocycles. The molecular weight excluding hydrogens is 268 g/mol. The Hall–Kier alpha value is -1.59. The summed E-state index contributed by atoms with van der Waals surface area (Å²) in [6.07, 6.45) is 2.59. The highest BCUT2D eigenvalue weighted by Gasteiger charge is 2.25. The summed E-state index contributed by atoms with van der Waals surface area (Å²) in [4.78, 5) is 13.3. The maximum Gasteiger partial charge on any atom is 0.307 e. The van der Waals surface area contributed by atoms with Gasteiger partial charge in [0.05, 0.1) is 12.5 Å². The number of hydrogen-bond acceptors (Lipinski definition) is 4. The van der Waals surface area contributed by atoms with Crippen molar-refractivity contribution in [3.63, 3.8) is 0 Å². The fourth-order valence-electron chi connectivity index (χ4n) is 3.22. The van der Waals surface area contributed by atoms with Gasteiger partial charge in [-0.05, 0) is 31.0 Å². The van der Waals surface area contributed by atoms with Gasteiger partial charge in [0.2, 0.25) is 0 Å². The molecule has 5 nitrogen and oxygen atoms in total. The number of likely N-dealkylation sites (tertiary alicyclic amines) is 1. The summed E-state index contributed by atoms with van der Waals surface area (Å²) < 4.78 is 5.69. The van der Waals surface area contributed by atoms with Crippen LogP contribution >= 0.6 is 0 Å². The largest absolute Gasteiger partial charge is 0.493 e. The zero-order chi connectivity index (χ0) is 14.8. The second kappa shape index (κ2) is 6.03. The van der Waals surface area contributed by atoms with E-state index in [-0.39, 0.29) is 12.0 Å². The highest BCUT2D eigenvalue weighted by molar-refractivity contribution is 5.70. The lowest BCUT2D eigenvalue weighted by Gasteiger charge is -2.31. The fraction of sp³-hybridized carbons (Fsp3) is 0.562. The summed E-state index contributed by atoms with van der Waals surface area (Å²) in [7, 11) is 0. The zero-order valence-electron chi connectivity index (χ0n) is 12.1. The molecule has 0 aliphatic carbocycles. The topological polar surface area (TPSA) is 75.8 Å². The van der Waals surface area contributed by atoms with Crippen LogP contribution in [-0.2, 0) is 11.3 Å². The van der Waals surface area contributed by atoms with E-state index in [4.69, 9.17) is 15.6 Å². The standard InChI is InChI=1S/C16H22N2O3/c17-14-5-7-21-15-8-11(3-4-13(14)15)9-18-6-1-2-12(10-18)16(19)20/h3-4,8,12,14H,1-2,5-7,9-10,17H2,(H,19,20). The van der Waals surface area contributed by atoms with Crippen molar-refractivity contribution in [3.05, 3.63) is 29.3 Å². The Labute approximate surface area is 124 Å². The highest BCUT2D eigenvalue weighted by atomic mass is 16.5. The number of fused-ring (bicyclic) bond motifs is 1. The third-order valence-corrected chi connectivity index (χ3v) is 4.42. The highest BCUT2D eigenvalue weighted by Crippen LogP contribution is 2.31. The van der Waals surface area contributed by atoms with Crippen LogP contribution in [0.4, 0.5) is 0 Å². The number of piperidine rings is 1. The first-order chi connectivity index (χ1) is 10.1. The summed E-state index contributed by atoms with van der Waals surface area (Å²) in [6, 6.07) is 6.25. The summed E-state index contributed by atoms with van der Waals surface area (Å²) in [5.74, 6) is -0.0291. The lowest BCUT2D eigenvalue weighted by molar-refractivity contribution is -0.143. The molecule has 0 spiro atoms. The first-order valence-corrected chi connectivity index (χ1v) is 7.60. The SMILES string of the molecule is NC1CCOc2cc(CN3CCCC(C(=O)O)C3)ccc21. The molecule has 3 N–H and O–H groups in total. The van der Waals surface area contributed by atoms with Crippen molar-refractivity contribution in [2.24, 2.45) is 11.7 Å². The van der Waals surface area contributed by atoms with Gasteiger partial charge < -0.3 is 15.6 Å². The first kappa shape index (κ1) is 14.4. The number of carboxylic acid groups (broad SMARTS) is 1. The molecule has 0 radical (unpaired) electrons. The van der Waals surface area contributed by atoms with Gasteiger partial charge in [-0.2, -0.15) is 0 Å². The first-order valence-electron chi connectivity index (χ1n) is 7.60. The average Bonchev–Trinajstić information content (AvgIpc) is 2.47. The molecule has 0 aromatic heterocycles. The third-order valence-electron chi connectivity index (χ3n) is 4.42. The molecule has 1 aromatic carbocycles. The van der Waals surface area contributed by atoms with E-state index in [1.165, 1.54) is 0 Å². The van der Waals surface area contributed by atoms with Crippen LogP contribution in [-0.4, -0.2) is 35.7 Å². The summed E-state index contributed by atoms with van der Waals surface area (Å²) in [5.41, 5.74) is 8.31. The van der Waals surface area contributed by atoms with Crippen molar-refractivity contribution in [2.45, 2.75) is 31.8 Å². The van der Waals surface area contributed by atoms with Gasteiger partial charge in [-0.25, -0.2) is 0 Å². The predicted octanol–water partition coefficient (Wildman–Crippen LogP) is 1.77. The summed E-state index contributed by atoms with van der Waals surface area (Å²) in [6.45, 7) is 3.03. The van der Waals surface area contributed by atoms with Crippen molar-refractivity contribution in [1.29, 1.82) is 0 Å². The van der Waals surface area contributed by atoms with Gasteiger partial charge in [-0.15, -0.1) is 0 Å². The summed E-state index contributed by atoms with van der Waals surface area (Å²) >= 11 is 0. The molecule has 1 aromatic rings. The van der Waals surface area contributed by atoms with E-state index in [9.17, 15) is 4.79 Å². The zero-order valence-corrected chi connectivity index (χ0v) is 12.1. The lowest BCUT2D eigenvalue weighted by atomic mass is 9.96. The molecule has 0 amide bonds. The van der Waals surface area contributed by atoms with E-state index < -0.39 is 5.97 Å². The summed E-state index contributed by atoms with van der Waals surface area (Å²) in [5, 5.41) is 9.15. The minimum Gasteiger partial charge on any atom is -0.493 e. The van der Waals surface area contributed by atoms with Gasteiger partial charge >= 0.3 is 5.97 Å². The Kier molecular flexibility index (Phi) is 4.12. The van der Waals surface area contributed by atoms with Crippen LogP contribution in [0.15, 0.2) is 18.2 Å². The average molecular weight is 290 g/mol. The second-order valence-corrected chi connectivity index (χ2v) is 6.03. The van der Waals surface area contributed by atoms with Crippen LogP contribution in [0.1, 0.15) is 36.4 Å².